The Hall–Kier alpha value is -0.940. The van der Waals surface area contributed by atoms with Crippen molar-refractivity contribution >= 4 is 32.4 Å². The van der Waals surface area contributed by atoms with Gasteiger partial charge in [0, 0.05) is 22.0 Å². The molecule has 0 unspecified atom stereocenters. The zero-order valence-corrected chi connectivity index (χ0v) is 11.0. The van der Waals surface area contributed by atoms with Crippen LogP contribution >= 0.6 is 27.3 Å². The summed E-state index contributed by atoms with van der Waals surface area (Å²) in [6, 6.07) is 4.91. The van der Waals surface area contributed by atoms with Crippen LogP contribution in [0.2, 0.25) is 0 Å². The van der Waals surface area contributed by atoms with E-state index in [0.29, 0.717) is 12.1 Å². The molecule has 1 aromatic heterocycles. The van der Waals surface area contributed by atoms with E-state index in [1.807, 2.05) is 12.3 Å². The van der Waals surface area contributed by atoms with Crippen LogP contribution in [-0.2, 0) is 6.54 Å². The standard InChI is InChI=1S/C11H10BrFN2S/c1-7-6-16-11(15-7)14-5-8-4-9(12)2-3-10(8)13/h2-4,6H,5H2,1H3,(H,14,15). The molecule has 0 spiro atoms. The van der Waals surface area contributed by atoms with Gasteiger partial charge in [0.25, 0.3) is 0 Å². The Labute approximate surface area is 106 Å². The van der Waals surface area contributed by atoms with Gasteiger partial charge in [-0.25, -0.2) is 9.37 Å². The third kappa shape index (κ3) is 2.80. The van der Waals surface area contributed by atoms with Gasteiger partial charge in [0.2, 0.25) is 0 Å². The predicted molar refractivity (Wildman–Crippen MR) is 68.3 cm³/mol. The van der Waals surface area contributed by atoms with E-state index in [1.165, 1.54) is 17.4 Å². The zero-order valence-electron chi connectivity index (χ0n) is 8.63. The van der Waals surface area contributed by atoms with E-state index in [2.05, 4.69) is 26.2 Å². The average Bonchev–Trinajstić information content (AvgIpc) is 2.66. The average molecular weight is 301 g/mol. The molecule has 2 aromatic rings. The van der Waals surface area contributed by atoms with Crippen LogP contribution in [0.4, 0.5) is 9.52 Å². The summed E-state index contributed by atoms with van der Waals surface area (Å²) in [6.07, 6.45) is 0. The number of benzene rings is 1. The molecule has 1 aromatic carbocycles. The fraction of sp³-hybridized carbons (Fsp3) is 0.182. The highest BCUT2D eigenvalue weighted by molar-refractivity contribution is 9.10. The maximum absolute atomic E-state index is 13.4. The van der Waals surface area contributed by atoms with E-state index in [4.69, 9.17) is 0 Å². The highest BCUT2D eigenvalue weighted by Crippen LogP contribution is 2.19. The van der Waals surface area contributed by atoms with Crippen molar-refractivity contribution in [3.63, 3.8) is 0 Å². The Bertz CT molecular complexity index is 498. The summed E-state index contributed by atoms with van der Waals surface area (Å²) in [5.41, 5.74) is 1.60. The van der Waals surface area contributed by atoms with E-state index in [9.17, 15) is 4.39 Å². The molecule has 84 valence electrons. The van der Waals surface area contributed by atoms with Gasteiger partial charge in [0.15, 0.2) is 5.13 Å². The van der Waals surface area contributed by atoms with Crippen molar-refractivity contribution in [2.75, 3.05) is 5.32 Å². The minimum absolute atomic E-state index is 0.205. The molecule has 0 saturated heterocycles. The van der Waals surface area contributed by atoms with Crippen LogP contribution in [0.3, 0.4) is 0 Å². The lowest BCUT2D eigenvalue weighted by Crippen LogP contribution is -2.01. The summed E-state index contributed by atoms with van der Waals surface area (Å²) in [4.78, 5) is 4.25. The predicted octanol–water partition coefficient (Wildman–Crippen LogP) is 3.97. The number of anilines is 1. The molecule has 0 fully saturated rings. The quantitative estimate of drug-likeness (QED) is 0.928. The Morgan fingerprint density at radius 2 is 2.31 bits per heavy atom. The van der Waals surface area contributed by atoms with Gasteiger partial charge in [-0.05, 0) is 25.1 Å². The van der Waals surface area contributed by atoms with Crippen molar-refractivity contribution in [3.05, 3.63) is 45.1 Å². The van der Waals surface area contributed by atoms with E-state index >= 15 is 0 Å². The molecule has 0 aliphatic heterocycles. The molecule has 0 bridgehead atoms. The minimum Gasteiger partial charge on any atom is -0.357 e. The lowest BCUT2D eigenvalue weighted by atomic mass is 10.2. The first kappa shape index (κ1) is 11.5. The smallest absolute Gasteiger partial charge is 0.183 e. The highest BCUT2D eigenvalue weighted by Gasteiger charge is 2.04. The fourth-order valence-electron chi connectivity index (χ4n) is 1.28. The Balaban J connectivity index is 2.07. The van der Waals surface area contributed by atoms with Gasteiger partial charge in [-0.2, -0.15) is 0 Å². The van der Waals surface area contributed by atoms with Crippen molar-refractivity contribution in [2.24, 2.45) is 0 Å². The van der Waals surface area contributed by atoms with Crippen LogP contribution < -0.4 is 5.32 Å². The molecule has 0 amide bonds. The first-order valence-electron chi connectivity index (χ1n) is 4.75. The summed E-state index contributed by atoms with van der Waals surface area (Å²) in [5, 5.41) is 5.87. The largest absolute Gasteiger partial charge is 0.357 e. The van der Waals surface area contributed by atoms with Crippen molar-refractivity contribution in [2.45, 2.75) is 13.5 Å². The number of rotatable bonds is 3. The van der Waals surface area contributed by atoms with Crippen LogP contribution in [0.15, 0.2) is 28.1 Å². The zero-order chi connectivity index (χ0) is 11.5. The number of aryl methyl sites for hydroxylation is 1. The number of nitrogens with one attached hydrogen (secondary N) is 1. The van der Waals surface area contributed by atoms with Crippen LogP contribution in [0.5, 0.6) is 0 Å². The summed E-state index contributed by atoms with van der Waals surface area (Å²) in [7, 11) is 0. The monoisotopic (exact) mass is 300 g/mol. The van der Waals surface area contributed by atoms with Crippen molar-refractivity contribution in [1.82, 2.24) is 4.98 Å². The van der Waals surface area contributed by atoms with Crippen LogP contribution in [0.1, 0.15) is 11.3 Å². The SMILES string of the molecule is Cc1csc(NCc2cc(Br)ccc2F)n1. The molecular weight excluding hydrogens is 291 g/mol. The van der Waals surface area contributed by atoms with E-state index < -0.39 is 0 Å². The first-order chi connectivity index (χ1) is 7.65. The Kier molecular flexibility index (Phi) is 3.56. The number of halogens is 2. The molecule has 0 atom stereocenters. The van der Waals surface area contributed by atoms with Crippen molar-refractivity contribution in [1.29, 1.82) is 0 Å². The van der Waals surface area contributed by atoms with Gasteiger partial charge in [-0.1, -0.05) is 15.9 Å². The Morgan fingerprint density at radius 3 is 3.00 bits per heavy atom. The lowest BCUT2D eigenvalue weighted by molar-refractivity contribution is 0.612. The van der Waals surface area contributed by atoms with Gasteiger partial charge in [0.05, 0.1) is 5.69 Å². The number of hydrogen-bond acceptors (Lipinski definition) is 3. The second kappa shape index (κ2) is 4.93. The molecule has 0 aliphatic carbocycles. The normalized spacial score (nSPS) is 10.4. The maximum atomic E-state index is 13.4. The Morgan fingerprint density at radius 1 is 1.50 bits per heavy atom. The van der Waals surface area contributed by atoms with Crippen LogP contribution in [0.25, 0.3) is 0 Å². The third-order valence-corrected chi connectivity index (χ3v) is 3.47. The van der Waals surface area contributed by atoms with E-state index in [1.54, 1.807) is 12.1 Å². The second-order valence-electron chi connectivity index (χ2n) is 3.38. The van der Waals surface area contributed by atoms with Gasteiger partial charge in [-0.15, -0.1) is 11.3 Å². The molecule has 2 nitrogen and oxygen atoms in total. The highest BCUT2D eigenvalue weighted by atomic mass is 79.9. The molecule has 0 radical (unpaired) electrons. The summed E-state index contributed by atoms with van der Waals surface area (Å²) in [5.74, 6) is -0.205. The summed E-state index contributed by atoms with van der Waals surface area (Å²) < 4.78 is 14.3. The number of hydrogen-bond donors (Lipinski definition) is 1. The molecule has 0 saturated carbocycles. The van der Waals surface area contributed by atoms with E-state index in [0.717, 1.165) is 15.3 Å². The van der Waals surface area contributed by atoms with Gasteiger partial charge >= 0.3 is 0 Å². The molecule has 1 heterocycles. The van der Waals surface area contributed by atoms with Crippen LogP contribution in [-0.4, -0.2) is 4.98 Å². The summed E-state index contributed by atoms with van der Waals surface area (Å²) in [6.45, 7) is 2.37. The molecule has 5 heteroatoms. The molecular formula is C11H10BrFN2S. The third-order valence-electron chi connectivity index (χ3n) is 2.06. The molecule has 1 N–H and O–H groups in total. The lowest BCUT2D eigenvalue weighted by Gasteiger charge is -2.04. The molecule has 16 heavy (non-hydrogen) atoms. The van der Waals surface area contributed by atoms with Crippen molar-refractivity contribution < 1.29 is 4.39 Å². The van der Waals surface area contributed by atoms with Crippen molar-refractivity contribution in [3.8, 4) is 0 Å². The molecule has 2 rings (SSSR count). The van der Waals surface area contributed by atoms with Crippen LogP contribution in [0, 0.1) is 12.7 Å². The maximum Gasteiger partial charge on any atom is 0.183 e. The molecule has 0 aliphatic rings. The summed E-state index contributed by atoms with van der Waals surface area (Å²) >= 11 is 4.84. The second-order valence-corrected chi connectivity index (χ2v) is 5.16. The number of thiazole rings is 1. The van der Waals surface area contributed by atoms with Gasteiger partial charge in [-0.3, -0.25) is 0 Å². The first-order valence-corrected chi connectivity index (χ1v) is 6.42. The van der Waals surface area contributed by atoms with Gasteiger partial charge in [0.1, 0.15) is 5.82 Å². The fourth-order valence-corrected chi connectivity index (χ4v) is 2.38. The number of nitrogens with zero attached hydrogens (tertiary/aromatic N) is 1. The van der Waals surface area contributed by atoms with Gasteiger partial charge < -0.3 is 5.32 Å². The minimum atomic E-state index is -0.205. The topological polar surface area (TPSA) is 24.9 Å². The van der Waals surface area contributed by atoms with E-state index in [-0.39, 0.29) is 5.82 Å². The number of aromatic nitrogens is 1.